The van der Waals surface area contributed by atoms with Gasteiger partial charge in [0.05, 0.1) is 30.8 Å². The molecular formula is C21H28N4O7. The number of nitrogen functional groups attached to an aromatic ring is 1. The van der Waals surface area contributed by atoms with Crippen LogP contribution in [0.2, 0.25) is 0 Å². The van der Waals surface area contributed by atoms with Crippen LogP contribution in [0.3, 0.4) is 0 Å². The highest BCUT2D eigenvalue weighted by Crippen LogP contribution is 2.31. The van der Waals surface area contributed by atoms with E-state index in [4.69, 9.17) is 15.9 Å². The van der Waals surface area contributed by atoms with Gasteiger partial charge >= 0.3 is 5.97 Å². The number of β-amino-alcohol motifs (C(OH)–C–C–N with tert-alkyl or cyclic N) is 1. The highest BCUT2D eigenvalue weighted by atomic mass is 16.4. The summed E-state index contributed by atoms with van der Waals surface area (Å²) in [5.74, 6) is -3.04. The van der Waals surface area contributed by atoms with Crippen molar-refractivity contribution in [2.24, 2.45) is 0 Å². The van der Waals surface area contributed by atoms with E-state index < -0.39 is 35.6 Å². The minimum absolute atomic E-state index is 0.0271. The first-order valence-corrected chi connectivity index (χ1v) is 10.3. The topological polar surface area (TPSA) is 162 Å². The number of nitrogens with two attached hydrogens (primary N) is 1. The molecule has 4 N–H and O–H groups in total. The molecule has 1 aromatic carbocycles. The van der Waals surface area contributed by atoms with Crippen LogP contribution < -0.4 is 5.73 Å². The van der Waals surface area contributed by atoms with Gasteiger partial charge in [-0.15, -0.1) is 0 Å². The first-order chi connectivity index (χ1) is 15.2. The second-order valence-electron chi connectivity index (χ2n) is 7.27. The average Bonchev–Trinajstić information content (AvgIpc) is 3.01. The number of rotatable bonds is 7. The molecule has 1 fully saturated rings. The summed E-state index contributed by atoms with van der Waals surface area (Å²) in [6.45, 7) is 5.15. The maximum Gasteiger partial charge on any atom is 0.317 e. The Morgan fingerprint density at radius 1 is 1.16 bits per heavy atom. The summed E-state index contributed by atoms with van der Waals surface area (Å²) in [5, 5.41) is 17.3. The van der Waals surface area contributed by atoms with Gasteiger partial charge in [-0.05, 0) is 31.6 Å². The second kappa shape index (κ2) is 10.8. The van der Waals surface area contributed by atoms with Gasteiger partial charge in [0.2, 0.25) is 5.91 Å². The summed E-state index contributed by atoms with van der Waals surface area (Å²) in [7, 11) is 0. The van der Waals surface area contributed by atoms with Crippen molar-refractivity contribution >= 4 is 35.3 Å². The molecule has 2 heterocycles. The van der Waals surface area contributed by atoms with Crippen LogP contribution in [0.5, 0.6) is 0 Å². The van der Waals surface area contributed by atoms with E-state index in [-0.39, 0.29) is 49.4 Å². The van der Waals surface area contributed by atoms with Gasteiger partial charge in [0.1, 0.15) is 6.04 Å². The number of aliphatic hydroxyl groups is 1. The van der Waals surface area contributed by atoms with Gasteiger partial charge < -0.3 is 15.9 Å². The number of carbonyl (C=O) groups is 5. The number of imide groups is 2. The van der Waals surface area contributed by atoms with Gasteiger partial charge in [0.25, 0.3) is 17.7 Å². The van der Waals surface area contributed by atoms with Crippen LogP contribution in [-0.4, -0.2) is 93.3 Å². The quantitative estimate of drug-likeness (QED) is 0.378. The highest BCUT2D eigenvalue weighted by Gasteiger charge is 2.47. The van der Waals surface area contributed by atoms with Gasteiger partial charge in [-0.1, -0.05) is 19.9 Å². The van der Waals surface area contributed by atoms with Crippen LogP contribution >= 0.6 is 0 Å². The van der Waals surface area contributed by atoms with Crippen molar-refractivity contribution in [1.82, 2.24) is 14.7 Å². The van der Waals surface area contributed by atoms with E-state index in [1.54, 1.807) is 6.07 Å². The highest BCUT2D eigenvalue weighted by molar-refractivity contribution is 6.25. The van der Waals surface area contributed by atoms with E-state index in [0.29, 0.717) is 0 Å². The zero-order valence-electron chi connectivity index (χ0n) is 18.1. The van der Waals surface area contributed by atoms with Crippen LogP contribution in [0.1, 0.15) is 47.4 Å². The van der Waals surface area contributed by atoms with Crippen LogP contribution in [0.4, 0.5) is 5.69 Å². The van der Waals surface area contributed by atoms with Gasteiger partial charge in [-0.3, -0.25) is 38.7 Å². The largest absolute Gasteiger partial charge is 0.480 e. The van der Waals surface area contributed by atoms with Gasteiger partial charge in [0.15, 0.2) is 0 Å². The zero-order valence-corrected chi connectivity index (χ0v) is 18.1. The second-order valence-corrected chi connectivity index (χ2v) is 7.27. The Kier molecular flexibility index (Phi) is 8.44. The predicted octanol–water partition coefficient (Wildman–Crippen LogP) is -0.212. The third kappa shape index (κ3) is 5.11. The molecule has 0 radical (unpaired) electrons. The van der Waals surface area contributed by atoms with E-state index in [0.717, 1.165) is 22.9 Å². The fraction of sp³-hybridized carbons (Fsp3) is 0.476. The maximum absolute atomic E-state index is 12.5. The molecule has 0 aliphatic carbocycles. The Morgan fingerprint density at radius 3 is 2.31 bits per heavy atom. The number of carboxylic acid groups (broad SMARTS) is 1. The fourth-order valence-corrected chi connectivity index (χ4v) is 3.65. The third-order valence-electron chi connectivity index (χ3n) is 5.35. The van der Waals surface area contributed by atoms with Crippen LogP contribution in [0.25, 0.3) is 0 Å². The molecule has 1 aromatic rings. The lowest BCUT2D eigenvalue weighted by atomic mass is 10.0. The SMILES string of the molecule is CCN(CC)CC(=O)O.Nc1cccc2c1C(=O)N(C1CCC(=O)N(CCO)C1=O)C2=O. The molecular weight excluding hydrogens is 420 g/mol. The Bertz CT molecular complexity index is 913. The van der Waals surface area contributed by atoms with Gasteiger partial charge in [-0.25, -0.2) is 0 Å². The molecule has 1 unspecified atom stereocenters. The Labute approximate surface area is 185 Å². The van der Waals surface area contributed by atoms with Gasteiger partial charge in [0, 0.05) is 12.1 Å². The van der Waals surface area contributed by atoms with Crippen LogP contribution in [-0.2, 0) is 14.4 Å². The van der Waals surface area contributed by atoms with E-state index in [9.17, 15) is 24.0 Å². The van der Waals surface area contributed by atoms with Crippen molar-refractivity contribution < 1.29 is 34.2 Å². The van der Waals surface area contributed by atoms with Crippen molar-refractivity contribution in [2.45, 2.75) is 32.7 Å². The minimum Gasteiger partial charge on any atom is -0.480 e. The number of amides is 4. The Hall–Kier alpha value is -3.31. The van der Waals surface area contributed by atoms with Crippen molar-refractivity contribution in [1.29, 1.82) is 0 Å². The van der Waals surface area contributed by atoms with E-state index in [2.05, 4.69) is 0 Å². The average molecular weight is 448 g/mol. The number of carbonyl (C=O) groups excluding carboxylic acids is 4. The number of likely N-dealkylation sites (tertiary alicyclic amines) is 1. The summed E-state index contributed by atoms with van der Waals surface area (Å²) < 4.78 is 0. The summed E-state index contributed by atoms with van der Waals surface area (Å²) in [6.07, 6.45) is 0.101. The number of benzene rings is 1. The Balaban J connectivity index is 0.000000344. The first-order valence-electron chi connectivity index (χ1n) is 10.3. The minimum atomic E-state index is -1.05. The number of hydrogen-bond donors (Lipinski definition) is 3. The van der Waals surface area contributed by atoms with Crippen molar-refractivity contribution in [3.8, 4) is 0 Å². The van der Waals surface area contributed by atoms with E-state index >= 15 is 0 Å². The van der Waals surface area contributed by atoms with Crippen molar-refractivity contribution in [3.05, 3.63) is 29.3 Å². The maximum atomic E-state index is 12.5. The third-order valence-corrected chi connectivity index (χ3v) is 5.35. The smallest absolute Gasteiger partial charge is 0.317 e. The summed E-state index contributed by atoms with van der Waals surface area (Å²) in [6, 6.07) is 3.51. The first kappa shape index (κ1) is 25.0. The molecule has 1 saturated heterocycles. The van der Waals surface area contributed by atoms with Crippen molar-refractivity contribution in [3.63, 3.8) is 0 Å². The zero-order chi connectivity index (χ0) is 24.0. The number of piperidine rings is 1. The summed E-state index contributed by atoms with van der Waals surface area (Å²) >= 11 is 0. The number of fused-ring (bicyclic) bond motifs is 1. The molecule has 32 heavy (non-hydrogen) atoms. The number of carboxylic acids is 1. The molecule has 11 nitrogen and oxygen atoms in total. The molecule has 0 aromatic heterocycles. The molecule has 11 heteroatoms. The van der Waals surface area contributed by atoms with Crippen molar-refractivity contribution in [2.75, 3.05) is 38.5 Å². The van der Waals surface area contributed by atoms with E-state index in [1.807, 2.05) is 18.7 Å². The number of nitrogens with zero attached hydrogens (tertiary/aromatic N) is 3. The summed E-state index contributed by atoms with van der Waals surface area (Å²) in [4.78, 5) is 63.0. The van der Waals surface area contributed by atoms with Crippen LogP contribution in [0.15, 0.2) is 18.2 Å². The molecule has 4 amide bonds. The predicted molar refractivity (Wildman–Crippen MR) is 114 cm³/mol. The molecule has 2 aliphatic rings. The lowest BCUT2D eigenvalue weighted by Gasteiger charge is -2.34. The molecule has 2 aliphatic heterocycles. The number of aliphatic carboxylic acids is 1. The number of anilines is 1. The van der Waals surface area contributed by atoms with E-state index in [1.165, 1.54) is 12.1 Å². The normalized spacial score (nSPS) is 18.1. The molecule has 0 bridgehead atoms. The molecule has 0 saturated carbocycles. The molecule has 174 valence electrons. The molecule has 1 atom stereocenters. The summed E-state index contributed by atoms with van der Waals surface area (Å²) in [5.41, 5.74) is 6.20. The van der Waals surface area contributed by atoms with Gasteiger partial charge in [-0.2, -0.15) is 0 Å². The molecule has 0 spiro atoms. The standard InChI is InChI=1S/C15H15N3O5.C6H13NO2/c16-9-3-1-2-8-12(9)15(23)18(13(8)21)10-4-5-11(20)17(6-7-19)14(10)22;1-3-7(4-2)5-6(8)9/h1-3,10,19H,4-7,16H2;3-5H2,1-2H3,(H,8,9). The monoisotopic (exact) mass is 448 g/mol. The number of likely N-dealkylation sites (N-methyl/N-ethyl adjacent to an activating group) is 1. The van der Waals surface area contributed by atoms with Crippen LogP contribution in [0, 0.1) is 0 Å². The lowest BCUT2D eigenvalue weighted by molar-refractivity contribution is -0.152. The number of hydrogen-bond acceptors (Lipinski definition) is 8. The lowest BCUT2D eigenvalue weighted by Crippen LogP contribution is -2.56. The Morgan fingerprint density at radius 2 is 1.81 bits per heavy atom. The molecule has 3 rings (SSSR count). The fourth-order valence-electron chi connectivity index (χ4n) is 3.65. The number of aliphatic hydroxyl groups excluding tert-OH is 1.